The molecule has 3 rings (SSSR count). The van der Waals surface area contributed by atoms with E-state index >= 15 is 0 Å². The van der Waals surface area contributed by atoms with Gasteiger partial charge in [0.1, 0.15) is 5.75 Å². The summed E-state index contributed by atoms with van der Waals surface area (Å²) in [5, 5.41) is 10.3. The number of hydrogen-bond acceptors (Lipinski definition) is 6. The summed E-state index contributed by atoms with van der Waals surface area (Å²) in [4.78, 5) is 0.0399. The predicted molar refractivity (Wildman–Crippen MR) is 86.7 cm³/mol. The van der Waals surface area contributed by atoms with Crippen molar-refractivity contribution in [3.63, 3.8) is 0 Å². The van der Waals surface area contributed by atoms with Crippen molar-refractivity contribution in [2.75, 3.05) is 0 Å². The summed E-state index contributed by atoms with van der Waals surface area (Å²) < 4.78 is 66.9. The summed E-state index contributed by atoms with van der Waals surface area (Å²) in [5.41, 5.74) is 1.40. The van der Waals surface area contributed by atoms with Gasteiger partial charge in [-0.15, -0.1) is 13.2 Å². The van der Waals surface area contributed by atoms with E-state index in [1.807, 2.05) is 6.92 Å². The standard InChI is InChI=1S/C16H13F3N4O3S/c1-11-2-8-14(9-3-11)27(24,25)15-20-21-22-23(15)10-12-4-6-13(7-5-12)26-16(17,18)19/h2-9H,10H2,1H3. The van der Waals surface area contributed by atoms with Crippen molar-refractivity contribution < 1.29 is 26.3 Å². The molecule has 142 valence electrons. The van der Waals surface area contributed by atoms with Gasteiger partial charge in [-0.25, -0.2) is 13.1 Å². The van der Waals surface area contributed by atoms with E-state index in [0.717, 1.165) is 22.4 Å². The van der Waals surface area contributed by atoms with Gasteiger partial charge in [0.15, 0.2) is 0 Å². The largest absolute Gasteiger partial charge is 0.573 e. The lowest BCUT2D eigenvalue weighted by Crippen LogP contribution is -2.17. The van der Waals surface area contributed by atoms with Crippen LogP contribution in [-0.2, 0) is 16.4 Å². The van der Waals surface area contributed by atoms with Crippen LogP contribution in [0.25, 0.3) is 0 Å². The van der Waals surface area contributed by atoms with Crippen LogP contribution in [0.3, 0.4) is 0 Å². The third-order valence-corrected chi connectivity index (χ3v) is 5.23. The van der Waals surface area contributed by atoms with Crippen LogP contribution in [0.2, 0.25) is 0 Å². The van der Waals surface area contributed by atoms with Crippen LogP contribution in [0.5, 0.6) is 5.75 Å². The van der Waals surface area contributed by atoms with Crippen LogP contribution in [0.4, 0.5) is 13.2 Å². The monoisotopic (exact) mass is 398 g/mol. The van der Waals surface area contributed by atoms with Gasteiger partial charge in [0.05, 0.1) is 11.4 Å². The SMILES string of the molecule is Cc1ccc(S(=O)(=O)c2nnnn2Cc2ccc(OC(F)(F)F)cc2)cc1. The maximum absolute atomic E-state index is 12.7. The molecule has 0 fully saturated rings. The Labute approximate surface area is 152 Å². The van der Waals surface area contributed by atoms with Gasteiger partial charge in [-0.05, 0) is 47.2 Å². The Morgan fingerprint density at radius 1 is 1.04 bits per heavy atom. The third-order valence-electron chi connectivity index (χ3n) is 3.56. The molecule has 0 bridgehead atoms. The van der Waals surface area contributed by atoms with E-state index in [-0.39, 0.29) is 22.3 Å². The Bertz CT molecular complexity index is 1030. The Balaban J connectivity index is 1.84. The van der Waals surface area contributed by atoms with E-state index in [2.05, 4.69) is 20.3 Å². The van der Waals surface area contributed by atoms with Gasteiger partial charge in [-0.3, -0.25) is 0 Å². The van der Waals surface area contributed by atoms with Crippen LogP contribution >= 0.6 is 0 Å². The second-order valence-corrected chi connectivity index (χ2v) is 7.47. The summed E-state index contributed by atoms with van der Waals surface area (Å²) in [6.45, 7) is 1.78. The number of tetrazole rings is 1. The van der Waals surface area contributed by atoms with Crippen molar-refractivity contribution >= 4 is 9.84 Å². The highest BCUT2D eigenvalue weighted by Gasteiger charge is 2.31. The van der Waals surface area contributed by atoms with Crippen LogP contribution in [-0.4, -0.2) is 35.0 Å². The number of hydrogen-bond donors (Lipinski definition) is 0. The van der Waals surface area contributed by atoms with Gasteiger partial charge in [0, 0.05) is 0 Å². The van der Waals surface area contributed by atoms with Crippen molar-refractivity contribution in [1.29, 1.82) is 0 Å². The molecular weight excluding hydrogens is 385 g/mol. The molecule has 1 heterocycles. The number of rotatable bonds is 5. The van der Waals surface area contributed by atoms with E-state index < -0.39 is 16.2 Å². The lowest BCUT2D eigenvalue weighted by atomic mass is 10.2. The minimum atomic E-state index is -4.79. The zero-order chi connectivity index (χ0) is 19.7. The number of ether oxygens (including phenoxy) is 1. The molecule has 0 aliphatic rings. The fourth-order valence-electron chi connectivity index (χ4n) is 2.28. The number of aromatic nitrogens is 4. The molecule has 7 nitrogen and oxygen atoms in total. The molecule has 27 heavy (non-hydrogen) atoms. The highest BCUT2D eigenvalue weighted by Crippen LogP contribution is 2.23. The summed E-state index contributed by atoms with van der Waals surface area (Å²) in [7, 11) is -3.94. The van der Waals surface area contributed by atoms with Crippen molar-refractivity contribution in [2.24, 2.45) is 0 Å². The topological polar surface area (TPSA) is 87.0 Å². The molecule has 0 atom stereocenters. The summed E-state index contributed by atoms with van der Waals surface area (Å²) in [6.07, 6.45) is -4.79. The van der Waals surface area contributed by atoms with Gasteiger partial charge >= 0.3 is 6.36 Å². The Hall–Kier alpha value is -2.95. The normalized spacial score (nSPS) is 12.1. The van der Waals surface area contributed by atoms with Crippen molar-refractivity contribution in [2.45, 2.75) is 29.9 Å². The molecule has 0 aliphatic heterocycles. The second kappa shape index (κ2) is 6.99. The first kappa shape index (κ1) is 18.8. The molecule has 0 aliphatic carbocycles. The van der Waals surface area contributed by atoms with Crippen LogP contribution in [0, 0.1) is 6.92 Å². The number of sulfone groups is 1. The van der Waals surface area contributed by atoms with Crippen molar-refractivity contribution in [1.82, 2.24) is 20.2 Å². The summed E-state index contributed by atoms with van der Waals surface area (Å²) in [6, 6.07) is 11.2. The molecular formula is C16H13F3N4O3S. The maximum Gasteiger partial charge on any atom is 0.573 e. The molecule has 0 spiro atoms. The van der Waals surface area contributed by atoms with Gasteiger partial charge in [-0.2, -0.15) is 0 Å². The zero-order valence-corrected chi connectivity index (χ0v) is 14.7. The predicted octanol–water partition coefficient (Wildman–Crippen LogP) is 2.76. The summed E-state index contributed by atoms with van der Waals surface area (Å²) >= 11 is 0. The fraction of sp³-hybridized carbons (Fsp3) is 0.188. The first-order valence-corrected chi connectivity index (χ1v) is 9.06. The van der Waals surface area contributed by atoms with Crippen LogP contribution < -0.4 is 4.74 Å². The van der Waals surface area contributed by atoms with Crippen molar-refractivity contribution in [3.05, 3.63) is 59.7 Å². The molecule has 0 unspecified atom stereocenters. The molecule has 0 radical (unpaired) electrons. The van der Waals surface area contributed by atoms with Crippen molar-refractivity contribution in [3.8, 4) is 5.75 Å². The Morgan fingerprint density at radius 2 is 1.67 bits per heavy atom. The highest BCUT2D eigenvalue weighted by molar-refractivity contribution is 7.91. The van der Waals surface area contributed by atoms with E-state index in [0.29, 0.717) is 5.56 Å². The summed E-state index contributed by atoms with van der Waals surface area (Å²) in [5.74, 6) is -0.379. The zero-order valence-electron chi connectivity index (χ0n) is 13.9. The second-order valence-electron chi connectivity index (χ2n) is 5.63. The fourth-order valence-corrected chi connectivity index (χ4v) is 3.51. The average molecular weight is 398 g/mol. The number of nitrogens with zero attached hydrogens (tertiary/aromatic N) is 4. The molecule has 0 saturated heterocycles. The molecule has 0 amide bonds. The number of aryl methyl sites for hydroxylation is 1. The lowest BCUT2D eigenvalue weighted by Gasteiger charge is -2.10. The minimum absolute atomic E-state index is 0.0399. The van der Waals surface area contributed by atoms with Gasteiger partial charge in [0.2, 0.25) is 9.84 Å². The van der Waals surface area contributed by atoms with Crippen LogP contribution in [0.1, 0.15) is 11.1 Å². The van der Waals surface area contributed by atoms with E-state index in [9.17, 15) is 21.6 Å². The molecule has 0 N–H and O–H groups in total. The Kier molecular flexibility index (Phi) is 4.87. The van der Waals surface area contributed by atoms with E-state index in [1.54, 1.807) is 12.1 Å². The molecule has 0 saturated carbocycles. The maximum atomic E-state index is 12.7. The smallest absolute Gasteiger partial charge is 0.406 e. The molecule has 3 aromatic rings. The Morgan fingerprint density at radius 3 is 2.26 bits per heavy atom. The average Bonchev–Trinajstić information content (AvgIpc) is 3.05. The molecule has 11 heteroatoms. The third kappa shape index (κ3) is 4.42. The lowest BCUT2D eigenvalue weighted by molar-refractivity contribution is -0.274. The quantitative estimate of drug-likeness (QED) is 0.657. The number of halogens is 3. The van der Waals surface area contributed by atoms with E-state index in [1.165, 1.54) is 24.3 Å². The minimum Gasteiger partial charge on any atom is -0.406 e. The highest BCUT2D eigenvalue weighted by atomic mass is 32.2. The number of alkyl halides is 3. The number of benzene rings is 2. The molecule has 1 aromatic heterocycles. The van der Waals surface area contributed by atoms with Gasteiger partial charge in [0.25, 0.3) is 5.16 Å². The molecule has 2 aromatic carbocycles. The van der Waals surface area contributed by atoms with E-state index in [4.69, 9.17) is 0 Å². The first-order valence-electron chi connectivity index (χ1n) is 7.58. The van der Waals surface area contributed by atoms with Crippen LogP contribution in [0.15, 0.2) is 58.6 Å². The first-order chi connectivity index (χ1) is 12.6. The van der Waals surface area contributed by atoms with Gasteiger partial charge in [-0.1, -0.05) is 34.9 Å². The van der Waals surface area contributed by atoms with Gasteiger partial charge < -0.3 is 4.74 Å².